The highest BCUT2D eigenvalue weighted by atomic mass is 31.2. The molecule has 0 aliphatic rings. The van der Waals surface area contributed by atoms with Gasteiger partial charge in [-0.25, -0.2) is 87.8 Å². The lowest BCUT2D eigenvalue weighted by Gasteiger charge is -2.44. The molecule has 0 spiro atoms. The van der Waals surface area contributed by atoms with Crippen LogP contribution < -0.4 is 42.5 Å². The van der Waals surface area contributed by atoms with Gasteiger partial charge in [-0.15, -0.1) is 21.9 Å². The van der Waals surface area contributed by atoms with E-state index in [1.165, 1.54) is 21.5 Å². The summed E-state index contributed by atoms with van der Waals surface area (Å²) in [7, 11) is -1.86. The average molecular weight is 1100 g/mol. The van der Waals surface area contributed by atoms with Crippen LogP contribution in [0, 0.1) is 116 Å². The van der Waals surface area contributed by atoms with Gasteiger partial charge in [-0.05, 0) is 60.5 Å². The Balaban J connectivity index is 0.000000236. The SMILES string of the molecule is CCCCOc1ccc(C[P+](c2ccccc2)(c2ccccc2)c2ccccc2)cc1.Fc1c(F)c(F)c([B-](c2c(F)c(F)c(F)c(F)c2F)(c2c(F)c(F)c(F)c(F)c2F)c2c(F)c(F)c(F)c(F)c2F)c(F)c1F. The van der Waals surface area contributed by atoms with Crippen LogP contribution in [-0.4, -0.2) is 12.8 Å². The Labute approximate surface area is 418 Å². The Bertz CT molecular complexity index is 2980. The van der Waals surface area contributed by atoms with Gasteiger partial charge in [-0.3, -0.25) is 0 Å². The lowest BCUT2D eigenvalue weighted by molar-refractivity contribution is 0.309. The summed E-state index contributed by atoms with van der Waals surface area (Å²) in [4.78, 5) is 0. The van der Waals surface area contributed by atoms with Crippen LogP contribution in [0.4, 0.5) is 87.8 Å². The molecular formula is C53H30BF20OP. The number of benzene rings is 8. The molecule has 0 saturated carbocycles. The van der Waals surface area contributed by atoms with E-state index in [1.54, 1.807) is 0 Å². The third kappa shape index (κ3) is 9.42. The minimum absolute atomic E-state index is 0.783. The van der Waals surface area contributed by atoms with E-state index in [0.29, 0.717) is 0 Å². The number of ether oxygens (including phenoxy) is 1. The highest BCUT2D eigenvalue weighted by Gasteiger charge is 2.52. The van der Waals surface area contributed by atoms with Crippen molar-refractivity contribution in [3.63, 3.8) is 0 Å². The first kappa shape index (κ1) is 56.4. The molecule has 0 bridgehead atoms. The summed E-state index contributed by atoms with van der Waals surface area (Å²) in [5, 5.41) is 4.24. The normalized spacial score (nSPS) is 11.7. The number of hydrogen-bond acceptors (Lipinski definition) is 1. The van der Waals surface area contributed by atoms with E-state index < -0.39 is 152 Å². The van der Waals surface area contributed by atoms with Crippen molar-refractivity contribution in [2.75, 3.05) is 6.61 Å². The van der Waals surface area contributed by atoms with E-state index in [0.717, 1.165) is 31.4 Å². The lowest BCUT2D eigenvalue weighted by Crippen LogP contribution is -2.81. The van der Waals surface area contributed by atoms with Gasteiger partial charge in [0.25, 0.3) is 0 Å². The maximum absolute atomic E-state index is 15.4. The molecule has 0 atom stereocenters. The zero-order valence-electron chi connectivity index (χ0n) is 38.3. The molecule has 8 rings (SSSR count). The fraction of sp³-hybridized carbons (Fsp3) is 0.0943. The summed E-state index contributed by atoms with van der Waals surface area (Å²) in [6.07, 6.45) is -3.99. The molecule has 0 radical (unpaired) electrons. The second kappa shape index (κ2) is 22.5. The zero-order valence-corrected chi connectivity index (χ0v) is 39.2. The summed E-state index contributed by atoms with van der Waals surface area (Å²) in [5.41, 5.74) is -13.0. The van der Waals surface area contributed by atoms with Crippen LogP contribution in [0.1, 0.15) is 25.3 Å². The molecule has 0 unspecified atom stereocenters. The maximum Gasteiger partial charge on any atom is 0.200 e. The smallest absolute Gasteiger partial charge is 0.200 e. The summed E-state index contributed by atoms with van der Waals surface area (Å²) in [5.74, 6) is -70.4. The predicted octanol–water partition coefficient (Wildman–Crippen LogP) is 12.2. The zero-order chi connectivity index (χ0) is 55.7. The molecule has 0 aliphatic carbocycles. The largest absolute Gasteiger partial charge is 0.494 e. The van der Waals surface area contributed by atoms with Crippen molar-refractivity contribution in [1.82, 2.24) is 0 Å². The Morgan fingerprint density at radius 1 is 0.316 bits per heavy atom. The molecule has 0 aromatic heterocycles. The number of halogens is 20. The Morgan fingerprint density at radius 3 is 0.789 bits per heavy atom. The van der Waals surface area contributed by atoms with Crippen molar-refractivity contribution >= 4 is 51.2 Å². The third-order valence-corrected chi connectivity index (χ3v) is 16.8. The molecule has 0 amide bonds. The lowest BCUT2D eigenvalue weighted by atomic mass is 9.12. The third-order valence-electron chi connectivity index (χ3n) is 12.4. The van der Waals surface area contributed by atoms with Gasteiger partial charge in [-0.1, -0.05) is 80.1 Å². The molecular weight excluding hydrogens is 1070 g/mol. The second-order valence-electron chi connectivity index (χ2n) is 16.6. The topological polar surface area (TPSA) is 9.23 Å². The van der Waals surface area contributed by atoms with Crippen molar-refractivity contribution in [3.8, 4) is 5.75 Å². The fourth-order valence-electron chi connectivity index (χ4n) is 8.94. The number of rotatable bonds is 13. The van der Waals surface area contributed by atoms with Crippen molar-refractivity contribution < 1.29 is 92.5 Å². The standard InChI is InChI=1S/C29H30OP.C24BF20/c1-2-3-23-30-26-21-19-25(20-22-26)24-31(27-13-7-4-8-14-27,28-15-9-5-10-16-28)29-17-11-6-12-18-29;26-5-1(6(27)14(35)21(42)13(5)34)25(2-7(28)15(36)22(43)16(37)8(2)29,3-9(30)17(38)23(44)18(39)10(3)31)4-11(32)19(40)24(45)20(41)12(4)33/h4-22H,2-3,23-24H2,1H3;/q+1;-1. The van der Waals surface area contributed by atoms with Gasteiger partial charge < -0.3 is 4.74 Å². The summed E-state index contributed by atoms with van der Waals surface area (Å²) in [6, 6.07) is 41.9. The van der Waals surface area contributed by atoms with E-state index in [2.05, 4.69) is 122 Å². The quantitative estimate of drug-likeness (QED) is 0.0279. The first-order valence-corrected chi connectivity index (χ1v) is 24.0. The summed E-state index contributed by atoms with van der Waals surface area (Å²) >= 11 is 0. The molecule has 0 fully saturated rings. The van der Waals surface area contributed by atoms with Crippen LogP contribution in [-0.2, 0) is 6.16 Å². The van der Waals surface area contributed by atoms with Gasteiger partial charge in [0.15, 0.2) is 69.8 Å². The Morgan fingerprint density at radius 2 is 0.553 bits per heavy atom. The first-order chi connectivity index (χ1) is 36.0. The van der Waals surface area contributed by atoms with Gasteiger partial charge >= 0.3 is 0 Å². The van der Waals surface area contributed by atoms with E-state index in [9.17, 15) is 52.7 Å². The summed E-state index contributed by atoms with van der Waals surface area (Å²) < 4.78 is 300. The minimum atomic E-state index is -7.22. The first-order valence-electron chi connectivity index (χ1n) is 22.0. The molecule has 76 heavy (non-hydrogen) atoms. The number of hydrogen-bond donors (Lipinski definition) is 0. The Kier molecular flexibility index (Phi) is 16.7. The molecule has 8 aromatic carbocycles. The molecule has 0 aliphatic heterocycles. The van der Waals surface area contributed by atoms with E-state index >= 15 is 35.1 Å². The fourth-order valence-corrected chi connectivity index (χ4v) is 13.2. The highest BCUT2D eigenvalue weighted by Crippen LogP contribution is 2.58. The van der Waals surface area contributed by atoms with Crippen molar-refractivity contribution in [2.24, 2.45) is 0 Å². The maximum atomic E-state index is 15.4. The van der Waals surface area contributed by atoms with E-state index in [1.807, 2.05) is 0 Å². The molecule has 396 valence electrons. The summed E-state index contributed by atoms with van der Waals surface area (Å²) in [6.45, 7) is 2.97. The average Bonchev–Trinajstić information content (AvgIpc) is 3.50. The molecule has 0 saturated heterocycles. The van der Waals surface area contributed by atoms with E-state index in [4.69, 9.17) is 4.74 Å². The molecule has 0 N–H and O–H groups in total. The van der Waals surface area contributed by atoms with Crippen LogP contribution >= 0.6 is 7.26 Å². The molecule has 1 nitrogen and oxygen atoms in total. The van der Waals surface area contributed by atoms with Crippen LogP contribution in [0.25, 0.3) is 0 Å². The van der Waals surface area contributed by atoms with Crippen LogP contribution in [0.15, 0.2) is 115 Å². The van der Waals surface area contributed by atoms with Gasteiger partial charge in [0.1, 0.15) is 81.6 Å². The van der Waals surface area contributed by atoms with Crippen LogP contribution in [0.3, 0.4) is 0 Å². The van der Waals surface area contributed by atoms with Crippen LogP contribution in [0.5, 0.6) is 5.75 Å². The van der Waals surface area contributed by atoms with Crippen molar-refractivity contribution in [2.45, 2.75) is 25.9 Å². The predicted molar refractivity (Wildman–Crippen MR) is 245 cm³/mol. The van der Waals surface area contributed by atoms with Crippen LogP contribution in [0.2, 0.25) is 0 Å². The number of unbranched alkanes of at least 4 members (excludes halogenated alkanes) is 1. The molecule has 8 aromatic rings. The van der Waals surface area contributed by atoms with Gasteiger partial charge in [0.2, 0.25) is 0 Å². The van der Waals surface area contributed by atoms with Crippen molar-refractivity contribution in [3.05, 3.63) is 237 Å². The second-order valence-corrected chi connectivity index (χ2v) is 20.1. The monoisotopic (exact) mass is 1100 g/mol. The molecule has 23 heteroatoms. The van der Waals surface area contributed by atoms with Gasteiger partial charge in [-0.2, -0.15) is 0 Å². The minimum Gasteiger partial charge on any atom is -0.494 e. The van der Waals surface area contributed by atoms with E-state index in [-0.39, 0.29) is 0 Å². The highest BCUT2D eigenvalue weighted by molar-refractivity contribution is 7.95. The Hall–Kier alpha value is -7.35. The van der Waals surface area contributed by atoms with Gasteiger partial charge in [0.05, 0.1) is 12.8 Å². The van der Waals surface area contributed by atoms with Gasteiger partial charge in [0, 0.05) is 0 Å². The van der Waals surface area contributed by atoms with Crippen molar-refractivity contribution in [1.29, 1.82) is 0 Å². The molecule has 0 heterocycles.